The predicted octanol–water partition coefficient (Wildman–Crippen LogP) is 4.04. The van der Waals surface area contributed by atoms with Gasteiger partial charge < -0.3 is 15.1 Å². The highest BCUT2D eigenvalue weighted by Crippen LogP contribution is 2.32. The molecule has 0 atom stereocenters. The van der Waals surface area contributed by atoms with Crippen molar-refractivity contribution in [1.29, 1.82) is 0 Å². The molecule has 0 radical (unpaired) electrons. The fraction of sp³-hybridized carbons (Fsp3) is 0.250. The van der Waals surface area contributed by atoms with Gasteiger partial charge in [0.05, 0.1) is 5.69 Å². The molecular weight excluding hydrogens is 398 g/mol. The first-order valence-corrected chi connectivity index (χ1v) is 7.47. The van der Waals surface area contributed by atoms with Gasteiger partial charge in [0, 0.05) is 17.6 Å². The summed E-state index contributed by atoms with van der Waals surface area (Å²) < 4.78 is 1.09. The summed E-state index contributed by atoms with van der Waals surface area (Å²) >= 11 is 3.59. The first kappa shape index (κ1) is 16.2. The Morgan fingerprint density at radius 2 is 1.43 bits per heavy atom. The number of phenols is 2. The van der Waals surface area contributed by atoms with Gasteiger partial charge in [0.1, 0.15) is 0 Å². The van der Waals surface area contributed by atoms with Crippen LogP contribution >= 0.6 is 32.9 Å². The van der Waals surface area contributed by atoms with Crippen LogP contribution in [0.1, 0.15) is 11.1 Å². The molecule has 0 aromatic heterocycles. The van der Waals surface area contributed by atoms with Crippen LogP contribution in [0.25, 0.3) is 0 Å². The summed E-state index contributed by atoms with van der Waals surface area (Å²) in [4.78, 5) is 2.33. The van der Waals surface area contributed by atoms with Crippen molar-refractivity contribution in [2.45, 2.75) is 12.8 Å². The van der Waals surface area contributed by atoms with Gasteiger partial charge in [0.25, 0.3) is 0 Å². The lowest BCUT2D eigenvalue weighted by Crippen LogP contribution is -2.26. The molecule has 1 aliphatic heterocycles. The highest BCUT2D eigenvalue weighted by atomic mass is 79.9. The summed E-state index contributed by atoms with van der Waals surface area (Å²) in [5.74, 6) is -0.0591. The quantitative estimate of drug-likeness (QED) is 0.692. The van der Waals surface area contributed by atoms with E-state index in [1.807, 2.05) is 18.2 Å². The number of benzene rings is 2. The number of rotatable bonds is 1. The van der Waals surface area contributed by atoms with Crippen molar-refractivity contribution in [2.24, 2.45) is 0 Å². The minimum atomic E-state index is -0.0295. The zero-order chi connectivity index (χ0) is 14.1. The lowest BCUT2D eigenvalue weighted by atomic mass is 10.0. The number of nitrogens with zero attached hydrogens (tertiary/aromatic N) is 1. The Labute approximate surface area is 143 Å². The Morgan fingerprint density at radius 3 is 1.95 bits per heavy atom. The molecule has 2 aromatic rings. The van der Waals surface area contributed by atoms with Gasteiger partial charge in [-0.1, -0.05) is 12.1 Å². The van der Waals surface area contributed by atoms with Crippen molar-refractivity contribution in [3.63, 3.8) is 0 Å². The molecule has 1 aliphatic rings. The van der Waals surface area contributed by atoms with Crippen LogP contribution in [0.4, 0.5) is 5.69 Å². The molecule has 0 saturated heterocycles. The number of anilines is 1. The third kappa shape index (κ3) is 3.35. The summed E-state index contributed by atoms with van der Waals surface area (Å²) in [5, 5.41) is 19.2. The minimum Gasteiger partial charge on any atom is -0.504 e. The highest BCUT2D eigenvalue weighted by Gasteiger charge is 2.17. The molecule has 3 rings (SSSR count). The number of fused-ring (bicyclic) bond motifs is 1. The van der Waals surface area contributed by atoms with Gasteiger partial charge in [-0.2, -0.15) is 0 Å². The van der Waals surface area contributed by atoms with Crippen LogP contribution in [0, 0.1) is 0 Å². The van der Waals surface area contributed by atoms with Crippen LogP contribution in [0.15, 0.2) is 40.9 Å². The average Bonchev–Trinajstić information content (AvgIpc) is 2.63. The van der Waals surface area contributed by atoms with E-state index in [0.717, 1.165) is 41.5 Å². The van der Waals surface area contributed by atoms with E-state index in [1.54, 1.807) is 12.1 Å². The molecule has 0 fully saturated rings. The van der Waals surface area contributed by atoms with E-state index in [0.29, 0.717) is 0 Å². The van der Waals surface area contributed by atoms with Crippen LogP contribution in [0.3, 0.4) is 0 Å². The Kier molecular flexibility index (Phi) is 5.17. The van der Waals surface area contributed by atoms with Gasteiger partial charge >= 0.3 is 0 Å². The molecule has 0 bridgehead atoms. The first-order valence-electron chi connectivity index (χ1n) is 6.68. The van der Waals surface area contributed by atoms with Crippen molar-refractivity contribution >= 4 is 38.6 Å². The summed E-state index contributed by atoms with van der Waals surface area (Å²) in [6, 6.07) is 11.6. The summed E-state index contributed by atoms with van der Waals surface area (Å²) in [6.07, 6.45) is 1.73. The van der Waals surface area contributed by atoms with E-state index in [9.17, 15) is 10.2 Å². The standard InChI is InChI=1S/C16H16BrNO2.BrH/c17-13-3-1-2-4-14(13)18-7-5-11-9-15(19)16(20)10-12(11)6-8-18;/h1-4,9-10,19-20H,5-8H2;1H. The van der Waals surface area contributed by atoms with Crippen LogP contribution in [-0.4, -0.2) is 23.3 Å². The first-order chi connectivity index (χ1) is 9.65. The summed E-state index contributed by atoms with van der Waals surface area (Å²) in [7, 11) is 0. The fourth-order valence-electron chi connectivity index (χ4n) is 2.70. The summed E-state index contributed by atoms with van der Waals surface area (Å²) in [5.41, 5.74) is 3.43. The molecule has 1 heterocycles. The van der Waals surface area contributed by atoms with Gasteiger partial charge in [-0.15, -0.1) is 17.0 Å². The average molecular weight is 415 g/mol. The zero-order valence-electron chi connectivity index (χ0n) is 11.4. The largest absolute Gasteiger partial charge is 0.504 e. The van der Waals surface area contributed by atoms with E-state index in [2.05, 4.69) is 26.9 Å². The van der Waals surface area contributed by atoms with Crippen molar-refractivity contribution < 1.29 is 10.2 Å². The SMILES string of the molecule is Br.Oc1cc2c(cc1O)CCN(c1ccccc1Br)CC2. The van der Waals surface area contributed by atoms with E-state index in [1.165, 1.54) is 5.69 Å². The number of hydrogen-bond donors (Lipinski definition) is 2. The third-order valence-corrected chi connectivity index (χ3v) is 4.46. The second-order valence-corrected chi connectivity index (χ2v) is 5.90. The lowest BCUT2D eigenvalue weighted by Gasteiger charge is -2.23. The number of hydrogen-bond acceptors (Lipinski definition) is 3. The molecule has 5 heteroatoms. The normalized spacial score (nSPS) is 14.0. The molecular formula is C16H17Br2NO2. The molecule has 2 N–H and O–H groups in total. The number of halogens is 2. The van der Waals surface area contributed by atoms with Crippen molar-refractivity contribution in [2.75, 3.05) is 18.0 Å². The number of phenolic OH excluding ortho intramolecular Hbond substituents is 2. The van der Waals surface area contributed by atoms with Crippen molar-refractivity contribution in [3.8, 4) is 11.5 Å². The van der Waals surface area contributed by atoms with Crippen LogP contribution in [0.5, 0.6) is 11.5 Å². The topological polar surface area (TPSA) is 43.7 Å². The second-order valence-electron chi connectivity index (χ2n) is 5.05. The van der Waals surface area contributed by atoms with E-state index in [4.69, 9.17) is 0 Å². The molecule has 0 saturated carbocycles. The van der Waals surface area contributed by atoms with Crippen LogP contribution in [-0.2, 0) is 12.8 Å². The maximum Gasteiger partial charge on any atom is 0.157 e. The monoisotopic (exact) mass is 413 g/mol. The Balaban J connectivity index is 0.00000161. The van der Waals surface area contributed by atoms with Gasteiger partial charge in [-0.05, 0) is 64.2 Å². The van der Waals surface area contributed by atoms with Gasteiger partial charge in [-0.3, -0.25) is 0 Å². The Morgan fingerprint density at radius 1 is 0.905 bits per heavy atom. The van der Waals surface area contributed by atoms with Gasteiger partial charge in [-0.25, -0.2) is 0 Å². The summed E-state index contributed by atoms with van der Waals surface area (Å²) in [6.45, 7) is 1.81. The number of aromatic hydroxyl groups is 2. The zero-order valence-corrected chi connectivity index (χ0v) is 14.7. The Bertz CT molecular complexity index is 613. The maximum atomic E-state index is 9.62. The Hall–Kier alpha value is -1.20. The number of para-hydroxylation sites is 1. The van der Waals surface area contributed by atoms with Crippen LogP contribution in [0.2, 0.25) is 0 Å². The molecule has 0 aliphatic carbocycles. The maximum absolute atomic E-state index is 9.62. The van der Waals surface area contributed by atoms with Crippen molar-refractivity contribution in [3.05, 3.63) is 52.0 Å². The molecule has 0 spiro atoms. The third-order valence-electron chi connectivity index (χ3n) is 3.79. The molecule has 112 valence electrons. The molecule has 0 unspecified atom stereocenters. The smallest absolute Gasteiger partial charge is 0.157 e. The molecule has 3 nitrogen and oxygen atoms in total. The van der Waals surface area contributed by atoms with E-state index in [-0.39, 0.29) is 28.5 Å². The van der Waals surface area contributed by atoms with E-state index >= 15 is 0 Å². The predicted molar refractivity (Wildman–Crippen MR) is 93.9 cm³/mol. The molecule has 0 amide bonds. The van der Waals surface area contributed by atoms with Crippen LogP contribution < -0.4 is 4.90 Å². The molecule has 21 heavy (non-hydrogen) atoms. The molecule has 2 aromatic carbocycles. The van der Waals surface area contributed by atoms with E-state index < -0.39 is 0 Å². The lowest BCUT2D eigenvalue weighted by molar-refractivity contribution is 0.402. The fourth-order valence-corrected chi connectivity index (χ4v) is 3.24. The second kappa shape index (κ2) is 6.71. The highest BCUT2D eigenvalue weighted by molar-refractivity contribution is 9.10. The van der Waals surface area contributed by atoms with Crippen molar-refractivity contribution in [1.82, 2.24) is 0 Å². The van der Waals surface area contributed by atoms with Gasteiger partial charge in [0.2, 0.25) is 0 Å². The minimum absolute atomic E-state index is 0. The van der Waals surface area contributed by atoms with Gasteiger partial charge in [0.15, 0.2) is 11.5 Å².